The topological polar surface area (TPSA) is 29.5 Å². The largest absolute Gasteiger partial charge is 0.396 e. The van der Waals surface area contributed by atoms with Crippen LogP contribution in [0.4, 0.5) is 0 Å². The van der Waals surface area contributed by atoms with E-state index in [-0.39, 0.29) is 18.1 Å². The lowest BCUT2D eigenvalue weighted by Crippen LogP contribution is -2.34. The average molecular weight is 186 g/mol. The van der Waals surface area contributed by atoms with Crippen LogP contribution in [0.15, 0.2) is 11.6 Å². The summed E-state index contributed by atoms with van der Waals surface area (Å²) in [5.74, 6) is 0. The fraction of sp³-hybridized carbons (Fsp3) is 0.818. The summed E-state index contributed by atoms with van der Waals surface area (Å²) >= 11 is 0. The number of rotatable bonds is 5. The summed E-state index contributed by atoms with van der Waals surface area (Å²) in [5.41, 5.74) is 1.02. The summed E-state index contributed by atoms with van der Waals surface area (Å²) in [6.07, 6.45) is 2.08. The predicted octanol–water partition coefficient (Wildman–Crippen LogP) is 2.38. The molecule has 0 saturated carbocycles. The highest BCUT2D eigenvalue weighted by Gasteiger charge is 2.27. The number of aliphatic hydroxyl groups excluding tert-OH is 1. The molecule has 1 unspecified atom stereocenters. The van der Waals surface area contributed by atoms with E-state index in [0.29, 0.717) is 6.61 Å². The first-order valence-electron chi connectivity index (χ1n) is 4.81. The molecule has 2 nitrogen and oxygen atoms in total. The molecule has 0 saturated heterocycles. The third kappa shape index (κ3) is 4.44. The van der Waals surface area contributed by atoms with Crippen LogP contribution < -0.4 is 0 Å². The fourth-order valence-corrected chi connectivity index (χ4v) is 1.07. The zero-order valence-corrected chi connectivity index (χ0v) is 9.42. The fourth-order valence-electron chi connectivity index (χ4n) is 1.07. The first kappa shape index (κ1) is 12.7. The van der Waals surface area contributed by atoms with Crippen molar-refractivity contribution in [3.05, 3.63) is 11.6 Å². The molecule has 0 aliphatic carbocycles. The van der Waals surface area contributed by atoms with Gasteiger partial charge in [0, 0.05) is 12.0 Å². The van der Waals surface area contributed by atoms with Gasteiger partial charge in [0.15, 0.2) is 0 Å². The Balaban J connectivity index is 4.50. The molecule has 0 aromatic rings. The molecule has 1 N–H and O–H groups in total. The van der Waals surface area contributed by atoms with Crippen molar-refractivity contribution in [1.82, 2.24) is 0 Å². The van der Waals surface area contributed by atoms with Crippen LogP contribution in [0.2, 0.25) is 0 Å². The van der Waals surface area contributed by atoms with Gasteiger partial charge in [-0.3, -0.25) is 0 Å². The van der Waals surface area contributed by atoms with Gasteiger partial charge in [0.1, 0.15) is 0 Å². The molecule has 0 bridgehead atoms. The molecule has 0 radical (unpaired) electrons. The molecule has 0 amide bonds. The second-order valence-electron chi connectivity index (χ2n) is 4.27. The Kier molecular flexibility index (Phi) is 5.26. The molecule has 0 heterocycles. The molecule has 0 aliphatic heterocycles. The molecule has 2 heteroatoms. The number of allylic oxidation sites excluding steroid dienone is 1. The van der Waals surface area contributed by atoms with Gasteiger partial charge >= 0.3 is 0 Å². The molecular weight excluding hydrogens is 164 g/mol. The summed E-state index contributed by atoms with van der Waals surface area (Å²) in [4.78, 5) is 0. The van der Waals surface area contributed by atoms with E-state index in [1.165, 1.54) is 5.57 Å². The molecule has 0 aromatic heterocycles. The van der Waals surface area contributed by atoms with Gasteiger partial charge in [-0.2, -0.15) is 0 Å². The number of aliphatic hydroxyl groups is 1. The van der Waals surface area contributed by atoms with E-state index in [4.69, 9.17) is 4.74 Å². The molecule has 1 atom stereocenters. The third-order valence-corrected chi connectivity index (χ3v) is 2.01. The SMILES string of the molecule is CCOC(C=C(C)C)C(C)(C)CO. The molecule has 0 rings (SSSR count). The lowest BCUT2D eigenvalue weighted by molar-refractivity contribution is -0.0155. The minimum Gasteiger partial charge on any atom is -0.396 e. The standard InChI is InChI=1S/C11H22O2/c1-6-13-10(7-9(2)3)11(4,5)8-12/h7,10,12H,6,8H2,1-5H3. The van der Waals surface area contributed by atoms with E-state index in [2.05, 4.69) is 6.08 Å². The van der Waals surface area contributed by atoms with Gasteiger partial charge < -0.3 is 9.84 Å². The van der Waals surface area contributed by atoms with E-state index in [1.54, 1.807) is 0 Å². The molecule has 0 aliphatic rings. The molecule has 0 spiro atoms. The minimum absolute atomic E-state index is 0.00694. The van der Waals surface area contributed by atoms with Crippen LogP contribution in [0.5, 0.6) is 0 Å². The van der Waals surface area contributed by atoms with E-state index in [9.17, 15) is 5.11 Å². The molecule has 0 fully saturated rings. The Labute approximate surface area is 81.6 Å². The average Bonchev–Trinajstić information content (AvgIpc) is 2.03. The van der Waals surface area contributed by atoms with Gasteiger partial charge in [-0.15, -0.1) is 0 Å². The lowest BCUT2D eigenvalue weighted by Gasteiger charge is -2.30. The maximum atomic E-state index is 9.19. The van der Waals surface area contributed by atoms with Crippen molar-refractivity contribution in [2.75, 3.05) is 13.2 Å². The Morgan fingerprint density at radius 2 is 2.00 bits per heavy atom. The van der Waals surface area contributed by atoms with Gasteiger partial charge in [0.25, 0.3) is 0 Å². The highest BCUT2D eigenvalue weighted by Crippen LogP contribution is 2.24. The quantitative estimate of drug-likeness (QED) is 0.668. The summed E-state index contributed by atoms with van der Waals surface area (Å²) < 4.78 is 5.57. The molecule has 0 aromatic carbocycles. The molecular formula is C11H22O2. The Morgan fingerprint density at radius 1 is 1.46 bits per heavy atom. The van der Waals surface area contributed by atoms with E-state index < -0.39 is 0 Å². The second kappa shape index (κ2) is 5.40. The zero-order chi connectivity index (χ0) is 10.5. The first-order chi connectivity index (χ1) is 5.94. The van der Waals surface area contributed by atoms with Gasteiger partial charge in [-0.25, -0.2) is 0 Å². The van der Waals surface area contributed by atoms with Crippen LogP contribution in [-0.2, 0) is 4.74 Å². The maximum Gasteiger partial charge on any atom is 0.0830 e. The van der Waals surface area contributed by atoms with Crippen molar-refractivity contribution in [2.24, 2.45) is 5.41 Å². The Bertz CT molecular complexity index is 167. The normalized spacial score (nSPS) is 14.0. The predicted molar refractivity (Wildman–Crippen MR) is 55.7 cm³/mol. The summed E-state index contributed by atoms with van der Waals surface area (Å²) in [6, 6.07) is 0. The summed E-state index contributed by atoms with van der Waals surface area (Å²) in [7, 11) is 0. The zero-order valence-electron chi connectivity index (χ0n) is 9.42. The van der Waals surface area contributed by atoms with Crippen LogP contribution in [0.25, 0.3) is 0 Å². The molecule has 78 valence electrons. The highest BCUT2D eigenvalue weighted by molar-refractivity contribution is 5.03. The van der Waals surface area contributed by atoms with Gasteiger partial charge in [0.2, 0.25) is 0 Å². The maximum absolute atomic E-state index is 9.19. The molecule has 13 heavy (non-hydrogen) atoms. The number of hydrogen-bond donors (Lipinski definition) is 1. The summed E-state index contributed by atoms with van der Waals surface area (Å²) in [6.45, 7) is 10.9. The minimum atomic E-state index is -0.201. The van der Waals surface area contributed by atoms with Crippen LogP contribution >= 0.6 is 0 Å². The Hall–Kier alpha value is -0.340. The van der Waals surface area contributed by atoms with Crippen molar-refractivity contribution in [3.8, 4) is 0 Å². The highest BCUT2D eigenvalue weighted by atomic mass is 16.5. The van der Waals surface area contributed by atoms with Crippen molar-refractivity contribution in [2.45, 2.75) is 40.7 Å². The van der Waals surface area contributed by atoms with Gasteiger partial charge in [-0.1, -0.05) is 25.5 Å². The monoisotopic (exact) mass is 186 g/mol. The van der Waals surface area contributed by atoms with E-state index in [0.717, 1.165) is 0 Å². The van der Waals surface area contributed by atoms with Gasteiger partial charge in [0.05, 0.1) is 12.7 Å². The van der Waals surface area contributed by atoms with Crippen molar-refractivity contribution < 1.29 is 9.84 Å². The lowest BCUT2D eigenvalue weighted by atomic mass is 9.86. The van der Waals surface area contributed by atoms with Gasteiger partial charge in [-0.05, 0) is 20.8 Å². The summed E-state index contributed by atoms with van der Waals surface area (Å²) in [5, 5.41) is 9.19. The van der Waals surface area contributed by atoms with Crippen LogP contribution in [-0.4, -0.2) is 24.4 Å². The van der Waals surface area contributed by atoms with Crippen molar-refractivity contribution >= 4 is 0 Å². The number of ether oxygens (including phenoxy) is 1. The number of hydrogen-bond acceptors (Lipinski definition) is 2. The van der Waals surface area contributed by atoms with E-state index >= 15 is 0 Å². The van der Waals surface area contributed by atoms with Crippen LogP contribution in [0.1, 0.15) is 34.6 Å². The Morgan fingerprint density at radius 3 is 2.31 bits per heavy atom. The van der Waals surface area contributed by atoms with E-state index in [1.807, 2.05) is 34.6 Å². The third-order valence-electron chi connectivity index (χ3n) is 2.01. The van der Waals surface area contributed by atoms with Crippen LogP contribution in [0, 0.1) is 5.41 Å². The van der Waals surface area contributed by atoms with Crippen molar-refractivity contribution in [1.29, 1.82) is 0 Å². The first-order valence-corrected chi connectivity index (χ1v) is 4.81. The smallest absolute Gasteiger partial charge is 0.0830 e. The van der Waals surface area contributed by atoms with Crippen LogP contribution in [0.3, 0.4) is 0 Å². The second-order valence-corrected chi connectivity index (χ2v) is 4.27. The van der Waals surface area contributed by atoms with Crippen molar-refractivity contribution in [3.63, 3.8) is 0 Å².